The molecule has 1 aromatic heterocycles. The summed E-state index contributed by atoms with van der Waals surface area (Å²) < 4.78 is 0. The maximum Gasteiger partial charge on any atom is 0.118 e. The van der Waals surface area contributed by atoms with E-state index in [4.69, 9.17) is 4.98 Å². The van der Waals surface area contributed by atoms with Crippen molar-refractivity contribution in [3.05, 3.63) is 121 Å². The summed E-state index contributed by atoms with van der Waals surface area (Å²) in [4.78, 5) is 4.73. The molecule has 140 valence electrons. The molecule has 0 spiro atoms. The minimum absolute atomic E-state index is 0. The van der Waals surface area contributed by atoms with Crippen molar-refractivity contribution < 1.29 is 12.4 Å². The molecule has 0 saturated heterocycles. The van der Waals surface area contributed by atoms with Crippen molar-refractivity contribution in [1.29, 1.82) is 0 Å². The summed E-state index contributed by atoms with van der Waals surface area (Å²) in [5.74, 6) is 0. The maximum atomic E-state index is 4.73. The molecule has 0 fully saturated rings. The van der Waals surface area contributed by atoms with Crippen LogP contribution in [0.25, 0.3) is 0 Å². The first kappa shape index (κ1) is 20.3. The fourth-order valence-electron chi connectivity index (χ4n) is 3.70. The second-order valence-electron chi connectivity index (χ2n) is 6.80. The van der Waals surface area contributed by atoms with Gasteiger partial charge in [-0.05, 0) is 61.0 Å². The number of hydrogen-bond acceptors (Lipinski definition) is 1. The first-order chi connectivity index (χ1) is 13.3. The maximum absolute atomic E-state index is 4.73. The van der Waals surface area contributed by atoms with Crippen LogP contribution in [0.15, 0.2) is 109 Å². The topological polar surface area (TPSA) is 12.9 Å². The Bertz CT molecular complexity index is 907. The van der Waals surface area contributed by atoms with Gasteiger partial charge in [0.2, 0.25) is 0 Å². The second kappa shape index (κ2) is 9.15. The van der Waals surface area contributed by atoms with Crippen molar-refractivity contribution >= 4 is 23.2 Å². The summed E-state index contributed by atoms with van der Waals surface area (Å²) in [7, 11) is -1.86. The average Bonchev–Trinajstić information content (AvgIpc) is 2.74. The van der Waals surface area contributed by atoms with Crippen LogP contribution in [0.3, 0.4) is 0 Å². The fourth-order valence-corrected chi connectivity index (χ4v) is 7.84. The van der Waals surface area contributed by atoms with Gasteiger partial charge < -0.3 is 12.4 Å². The molecule has 0 saturated carbocycles. The Morgan fingerprint density at radius 2 is 1.07 bits per heavy atom. The zero-order valence-electron chi connectivity index (χ0n) is 15.9. The molecule has 0 aliphatic carbocycles. The van der Waals surface area contributed by atoms with Gasteiger partial charge in [-0.15, -0.1) is 0 Å². The Morgan fingerprint density at radius 3 is 1.46 bits per heavy atom. The summed E-state index contributed by atoms with van der Waals surface area (Å²) in [6.07, 6.45) is 2.85. The monoisotopic (exact) mass is 403 g/mol. The molecule has 3 heteroatoms. The molecule has 4 rings (SSSR count). The largest absolute Gasteiger partial charge is 1.00 e. The van der Waals surface area contributed by atoms with Crippen LogP contribution < -0.4 is 28.3 Å². The normalized spacial score (nSPS) is 10.9. The predicted octanol–water partition coefficient (Wildman–Crippen LogP) is 1.89. The SMILES string of the molecule is Cc1ccnc(C[P+](c2ccccc2)(c2ccccc2)c2ccccc2)c1.[Cl-]. The van der Waals surface area contributed by atoms with Gasteiger partial charge in [-0.2, -0.15) is 0 Å². The van der Waals surface area contributed by atoms with Crippen molar-refractivity contribution in [2.75, 3.05) is 0 Å². The molecule has 0 aliphatic rings. The summed E-state index contributed by atoms with van der Waals surface area (Å²) in [6.45, 7) is 2.14. The van der Waals surface area contributed by atoms with Gasteiger partial charge in [0.15, 0.2) is 0 Å². The number of benzene rings is 3. The van der Waals surface area contributed by atoms with Crippen LogP contribution in [0.1, 0.15) is 11.3 Å². The lowest BCUT2D eigenvalue weighted by atomic mass is 10.3. The molecule has 0 amide bonds. The van der Waals surface area contributed by atoms with Gasteiger partial charge in [0, 0.05) is 6.20 Å². The zero-order chi connectivity index (χ0) is 18.5. The van der Waals surface area contributed by atoms with Crippen LogP contribution in [-0.4, -0.2) is 4.98 Å². The molecule has 1 heterocycles. The Morgan fingerprint density at radius 1 is 0.643 bits per heavy atom. The minimum Gasteiger partial charge on any atom is -1.00 e. The average molecular weight is 404 g/mol. The highest BCUT2D eigenvalue weighted by Crippen LogP contribution is 2.57. The van der Waals surface area contributed by atoms with Crippen molar-refractivity contribution in [2.45, 2.75) is 13.1 Å². The summed E-state index contributed by atoms with van der Waals surface area (Å²) >= 11 is 0. The van der Waals surface area contributed by atoms with Gasteiger partial charge in [0.05, 0.1) is 5.69 Å². The fraction of sp³-hybridized carbons (Fsp3) is 0.0800. The Balaban J connectivity index is 0.00000225. The van der Waals surface area contributed by atoms with E-state index in [1.165, 1.54) is 21.5 Å². The predicted molar refractivity (Wildman–Crippen MR) is 118 cm³/mol. The lowest BCUT2D eigenvalue weighted by molar-refractivity contribution is -0.00000544. The third-order valence-electron chi connectivity index (χ3n) is 4.96. The van der Waals surface area contributed by atoms with Crippen molar-refractivity contribution in [3.8, 4) is 0 Å². The van der Waals surface area contributed by atoms with Crippen LogP contribution >= 0.6 is 7.26 Å². The van der Waals surface area contributed by atoms with E-state index in [-0.39, 0.29) is 12.4 Å². The summed E-state index contributed by atoms with van der Waals surface area (Å²) in [5, 5.41) is 4.18. The van der Waals surface area contributed by atoms with Crippen LogP contribution in [0.4, 0.5) is 0 Å². The highest BCUT2D eigenvalue weighted by Gasteiger charge is 2.45. The Labute approximate surface area is 174 Å². The highest BCUT2D eigenvalue weighted by molar-refractivity contribution is 7.95. The van der Waals surface area contributed by atoms with Gasteiger partial charge in [0.25, 0.3) is 0 Å². The molecule has 0 unspecified atom stereocenters. The summed E-state index contributed by atoms with van der Waals surface area (Å²) in [5.41, 5.74) is 2.41. The van der Waals surface area contributed by atoms with E-state index >= 15 is 0 Å². The Hall–Kier alpha value is -2.47. The van der Waals surface area contributed by atoms with Gasteiger partial charge in [0.1, 0.15) is 29.3 Å². The molecule has 0 radical (unpaired) electrons. The standard InChI is InChI=1S/C25H23NP.ClH/c1-21-17-18-26-22(19-21)20-27(23-11-5-2-6-12-23,24-13-7-3-8-14-24)25-15-9-4-10-16-25;/h2-19H,20H2,1H3;1H/q+1;/p-1. The Kier molecular flexibility index (Phi) is 6.62. The lowest BCUT2D eigenvalue weighted by Crippen LogP contribution is -3.00. The van der Waals surface area contributed by atoms with Gasteiger partial charge in [-0.25, -0.2) is 0 Å². The smallest absolute Gasteiger partial charge is 0.118 e. The number of hydrogen-bond donors (Lipinski definition) is 0. The lowest BCUT2D eigenvalue weighted by Gasteiger charge is -2.27. The molecule has 0 atom stereocenters. The highest BCUT2D eigenvalue weighted by atomic mass is 35.5. The number of rotatable bonds is 5. The van der Waals surface area contributed by atoms with E-state index in [0.29, 0.717) is 0 Å². The van der Waals surface area contributed by atoms with Gasteiger partial charge in [-0.1, -0.05) is 54.6 Å². The molecule has 0 bridgehead atoms. The molecule has 0 aliphatic heterocycles. The van der Waals surface area contributed by atoms with E-state index < -0.39 is 7.26 Å². The van der Waals surface area contributed by atoms with Gasteiger partial charge in [-0.3, -0.25) is 4.98 Å². The van der Waals surface area contributed by atoms with Crippen LogP contribution in [0, 0.1) is 6.92 Å². The summed E-state index contributed by atoms with van der Waals surface area (Å²) in [6, 6.07) is 37.2. The molecule has 4 aromatic rings. The number of aromatic nitrogens is 1. The molecular weight excluding hydrogens is 381 g/mol. The zero-order valence-corrected chi connectivity index (χ0v) is 17.5. The minimum atomic E-state index is -1.86. The first-order valence-electron chi connectivity index (χ1n) is 9.25. The third-order valence-corrected chi connectivity index (χ3v) is 9.30. The van der Waals surface area contributed by atoms with Crippen molar-refractivity contribution in [3.63, 3.8) is 0 Å². The van der Waals surface area contributed by atoms with Crippen LogP contribution in [0.5, 0.6) is 0 Å². The number of aryl methyl sites for hydroxylation is 1. The first-order valence-corrected chi connectivity index (χ1v) is 11.2. The molecule has 0 N–H and O–H groups in total. The molecule has 3 aromatic carbocycles. The molecule has 28 heavy (non-hydrogen) atoms. The second-order valence-corrected chi connectivity index (χ2v) is 10.3. The van der Waals surface area contributed by atoms with E-state index in [9.17, 15) is 0 Å². The van der Waals surface area contributed by atoms with Crippen molar-refractivity contribution in [1.82, 2.24) is 4.98 Å². The van der Waals surface area contributed by atoms with E-state index in [2.05, 4.69) is 110 Å². The van der Waals surface area contributed by atoms with Crippen LogP contribution in [-0.2, 0) is 6.16 Å². The van der Waals surface area contributed by atoms with E-state index in [1.54, 1.807) is 0 Å². The van der Waals surface area contributed by atoms with Crippen molar-refractivity contribution in [2.24, 2.45) is 0 Å². The molecule has 1 nitrogen and oxygen atoms in total. The van der Waals surface area contributed by atoms with E-state index in [0.717, 1.165) is 11.9 Å². The van der Waals surface area contributed by atoms with Crippen LogP contribution in [0.2, 0.25) is 0 Å². The number of nitrogens with zero attached hydrogens (tertiary/aromatic N) is 1. The number of pyridine rings is 1. The third kappa shape index (κ3) is 4.02. The van der Waals surface area contributed by atoms with Gasteiger partial charge >= 0.3 is 0 Å². The molecular formula is C25H23ClNP. The number of halogens is 1. The van der Waals surface area contributed by atoms with E-state index in [1.807, 2.05) is 6.20 Å². The quantitative estimate of drug-likeness (QED) is 0.464.